The average Bonchev–Trinajstić information content (AvgIpc) is 2.26. The molecule has 0 amide bonds. The lowest BCUT2D eigenvalue weighted by Gasteiger charge is -2.31. The van der Waals surface area contributed by atoms with Crippen LogP contribution in [0.5, 0.6) is 0 Å². The molecule has 0 saturated heterocycles. The van der Waals surface area contributed by atoms with Crippen LogP contribution in [0.2, 0.25) is 0 Å². The van der Waals surface area contributed by atoms with Crippen molar-refractivity contribution in [2.75, 3.05) is 30.0 Å². The van der Waals surface area contributed by atoms with E-state index < -0.39 is 5.97 Å². The number of aliphatic carboxylic acids is 1. The summed E-state index contributed by atoms with van der Waals surface area (Å²) in [5.41, 5.74) is 4.89. The normalized spacial score (nSPS) is 14.3. The molecule has 1 aliphatic rings. The van der Waals surface area contributed by atoms with Crippen LogP contribution >= 0.6 is 0 Å². The number of hydrazine groups is 1. The molecule has 0 aliphatic carbocycles. The van der Waals surface area contributed by atoms with E-state index in [0.29, 0.717) is 0 Å². The van der Waals surface area contributed by atoms with Crippen LogP contribution in [0.25, 0.3) is 0 Å². The van der Waals surface area contributed by atoms with Crippen LogP contribution in [-0.2, 0) is 4.79 Å². The monoisotopic (exact) mass is 207 g/mol. The van der Waals surface area contributed by atoms with Gasteiger partial charge in [-0.1, -0.05) is 12.1 Å². The molecule has 5 nitrogen and oxygen atoms in total. The number of para-hydroxylation sites is 2. The zero-order valence-corrected chi connectivity index (χ0v) is 8.23. The van der Waals surface area contributed by atoms with Crippen LogP contribution in [0.3, 0.4) is 0 Å². The van der Waals surface area contributed by atoms with E-state index >= 15 is 0 Å². The van der Waals surface area contributed by atoms with E-state index in [9.17, 15) is 4.79 Å². The van der Waals surface area contributed by atoms with Gasteiger partial charge in [0.05, 0.1) is 17.9 Å². The van der Waals surface area contributed by atoms with Crippen molar-refractivity contribution >= 4 is 17.3 Å². The highest BCUT2D eigenvalue weighted by Gasteiger charge is 2.15. The van der Waals surface area contributed by atoms with E-state index in [-0.39, 0.29) is 6.54 Å². The second-order valence-corrected chi connectivity index (χ2v) is 3.32. The Kier molecular flexibility index (Phi) is 2.73. The van der Waals surface area contributed by atoms with Gasteiger partial charge in [0.25, 0.3) is 0 Å². The van der Waals surface area contributed by atoms with Gasteiger partial charge < -0.3 is 15.4 Å². The van der Waals surface area contributed by atoms with Crippen molar-refractivity contribution < 1.29 is 9.90 Å². The number of hydrogen-bond acceptors (Lipinski definition) is 4. The molecule has 0 atom stereocenters. The molecule has 0 unspecified atom stereocenters. The predicted octanol–water partition coefficient (Wildman–Crippen LogP) is 0.508. The number of carboxylic acid groups (broad SMARTS) is 1. The second-order valence-electron chi connectivity index (χ2n) is 3.32. The number of nitrogens with zero attached hydrogens (tertiary/aromatic N) is 1. The van der Waals surface area contributed by atoms with Gasteiger partial charge in [0.15, 0.2) is 0 Å². The number of carboxylic acids is 1. The fourth-order valence-electron chi connectivity index (χ4n) is 1.61. The summed E-state index contributed by atoms with van der Waals surface area (Å²) in [6, 6.07) is 7.81. The van der Waals surface area contributed by atoms with Gasteiger partial charge in [-0.2, -0.15) is 0 Å². The van der Waals surface area contributed by atoms with Gasteiger partial charge in [0.2, 0.25) is 0 Å². The van der Waals surface area contributed by atoms with Crippen LogP contribution in [0.1, 0.15) is 0 Å². The van der Waals surface area contributed by atoms with Crippen LogP contribution in [0, 0.1) is 0 Å². The molecule has 2 rings (SSSR count). The first-order chi connectivity index (χ1) is 7.27. The molecule has 15 heavy (non-hydrogen) atoms. The molecule has 1 aromatic carbocycles. The van der Waals surface area contributed by atoms with Crippen LogP contribution in [0.4, 0.5) is 11.4 Å². The highest BCUT2D eigenvalue weighted by molar-refractivity contribution is 5.73. The molecule has 1 aliphatic heterocycles. The zero-order chi connectivity index (χ0) is 10.7. The van der Waals surface area contributed by atoms with Gasteiger partial charge in [0, 0.05) is 6.54 Å². The predicted molar refractivity (Wildman–Crippen MR) is 57.9 cm³/mol. The van der Waals surface area contributed by atoms with Crippen LogP contribution in [-0.4, -0.2) is 30.7 Å². The van der Waals surface area contributed by atoms with Gasteiger partial charge in [-0.3, -0.25) is 4.79 Å². The highest BCUT2D eigenvalue weighted by Crippen LogP contribution is 2.26. The topological polar surface area (TPSA) is 64.6 Å². The van der Waals surface area contributed by atoms with Gasteiger partial charge in [-0.15, -0.1) is 0 Å². The smallest absolute Gasteiger partial charge is 0.319 e. The molecule has 1 heterocycles. The summed E-state index contributed by atoms with van der Waals surface area (Å²) < 4.78 is 0. The maximum Gasteiger partial charge on any atom is 0.319 e. The minimum absolute atomic E-state index is 0.0612. The quantitative estimate of drug-likeness (QED) is 0.674. The van der Waals surface area contributed by atoms with Gasteiger partial charge in [-0.25, -0.2) is 5.43 Å². The number of rotatable bonds is 3. The van der Waals surface area contributed by atoms with Crippen LogP contribution in [0.15, 0.2) is 24.3 Å². The van der Waals surface area contributed by atoms with E-state index in [0.717, 1.165) is 24.5 Å². The fraction of sp³-hybridized carbons (Fsp3) is 0.300. The Morgan fingerprint density at radius 3 is 3.13 bits per heavy atom. The number of hydrogen-bond donors (Lipinski definition) is 3. The van der Waals surface area contributed by atoms with Crippen LogP contribution < -0.4 is 15.8 Å². The van der Waals surface area contributed by atoms with E-state index in [1.165, 1.54) is 0 Å². The zero-order valence-electron chi connectivity index (χ0n) is 8.23. The van der Waals surface area contributed by atoms with Crippen molar-refractivity contribution in [3.63, 3.8) is 0 Å². The Labute approximate surface area is 87.7 Å². The Morgan fingerprint density at radius 1 is 1.53 bits per heavy atom. The molecule has 1 aromatic rings. The van der Waals surface area contributed by atoms with E-state index in [2.05, 4.69) is 10.7 Å². The third-order valence-electron chi connectivity index (χ3n) is 2.27. The van der Waals surface area contributed by atoms with Crippen molar-refractivity contribution in [1.82, 2.24) is 5.43 Å². The highest BCUT2D eigenvalue weighted by atomic mass is 16.4. The third-order valence-corrected chi connectivity index (χ3v) is 2.27. The Morgan fingerprint density at radius 2 is 2.33 bits per heavy atom. The Hall–Kier alpha value is -1.75. The molecule has 80 valence electrons. The molecule has 0 bridgehead atoms. The lowest BCUT2D eigenvalue weighted by atomic mass is 10.2. The molecule has 0 saturated carbocycles. The second kappa shape index (κ2) is 4.18. The standard InChI is InChI=1S/C10H13N3O2/c14-10(15)7-12-13-6-5-11-8-3-1-2-4-9(8)13/h1-4,11-12H,5-7H2,(H,14,15). The number of nitrogens with one attached hydrogen (secondary N) is 2. The van der Waals surface area contributed by atoms with Crippen molar-refractivity contribution in [3.8, 4) is 0 Å². The van der Waals surface area contributed by atoms with Gasteiger partial charge >= 0.3 is 5.97 Å². The van der Waals surface area contributed by atoms with E-state index in [4.69, 9.17) is 5.11 Å². The number of carbonyl (C=O) groups is 1. The van der Waals surface area contributed by atoms with E-state index in [1.807, 2.05) is 29.3 Å². The summed E-state index contributed by atoms with van der Waals surface area (Å²) in [6.45, 7) is 1.50. The van der Waals surface area contributed by atoms with Crippen molar-refractivity contribution in [2.24, 2.45) is 0 Å². The third kappa shape index (κ3) is 2.19. The van der Waals surface area contributed by atoms with E-state index in [1.54, 1.807) is 0 Å². The minimum atomic E-state index is -0.856. The molecule has 0 radical (unpaired) electrons. The average molecular weight is 207 g/mol. The summed E-state index contributed by atoms with van der Waals surface area (Å²) in [5.74, 6) is -0.856. The first kappa shape index (κ1) is 9.79. The number of fused-ring (bicyclic) bond motifs is 1. The first-order valence-corrected chi connectivity index (χ1v) is 4.83. The molecule has 0 spiro atoms. The SMILES string of the molecule is O=C(O)CNN1CCNc2ccccc21. The Balaban J connectivity index is 2.11. The maximum atomic E-state index is 10.4. The largest absolute Gasteiger partial charge is 0.480 e. The lowest BCUT2D eigenvalue weighted by molar-refractivity contribution is -0.136. The van der Waals surface area contributed by atoms with Gasteiger partial charge in [0.1, 0.15) is 6.54 Å². The first-order valence-electron chi connectivity index (χ1n) is 4.83. The van der Waals surface area contributed by atoms with Crippen molar-refractivity contribution in [3.05, 3.63) is 24.3 Å². The molecular formula is C10H13N3O2. The molecular weight excluding hydrogens is 194 g/mol. The Bertz CT molecular complexity index is 367. The fourth-order valence-corrected chi connectivity index (χ4v) is 1.61. The summed E-state index contributed by atoms with van der Waals surface area (Å²) in [4.78, 5) is 10.4. The summed E-state index contributed by atoms with van der Waals surface area (Å²) >= 11 is 0. The molecule has 0 aromatic heterocycles. The maximum absolute atomic E-state index is 10.4. The van der Waals surface area contributed by atoms with Gasteiger partial charge in [-0.05, 0) is 12.1 Å². The van der Waals surface area contributed by atoms with Crippen molar-refractivity contribution in [1.29, 1.82) is 0 Å². The minimum Gasteiger partial charge on any atom is -0.480 e. The summed E-state index contributed by atoms with van der Waals surface area (Å²) in [6.07, 6.45) is 0. The lowest BCUT2D eigenvalue weighted by Crippen LogP contribution is -2.46. The summed E-state index contributed by atoms with van der Waals surface area (Å²) in [7, 11) is 0. The number of anilines is 2. The molecule has 3 N–H and O–H groups in total. The van der Waals surface area contributed by atoms with Crippen molar-refractivity contribution in [2.45, 2.75) is 0 Å². The summed E-state index contributed by atoms with van der Waals surface area (Å²) in [5, 5.41) is 13.7. The molecule has 0 fully saturated rings. The molecule has 5 heteroatoms. The number of benzene rings is 1.